The molecule has 0 radical (unpaired) electrons. The molecule has 0 amide bonds. The standard InChI is InChI=1S/C15H11N3O.C8H5.Pt/c19-11-9-14(12-5-1-3-7-16-12)18-15(10-11)13-6-2-4-8-17-13;1-2-8-6-4-3-5-7-8;/h1-10H,(H,18,19);3-7H;/q;-1;+2/p-1. The van der Waals surface area contributed by atoms with Gasteiger partial charge in [0.2, 0.25) is 0 Å². The summed E-state index contributed by atoms with van der Waals surface area (Å²) in [5.41, 5.74) is 3.21. The second-order valence-electron chi connectivity index (χ2n) is 5.49. The average molecular weight is 544 g/mol. The quantitative estimate of drug-likeness (QED) is 0.285. The number of rotatable bonds is 2. The maximum Gasteiger partial charge on any atom is 2.00 e. The van der Waals surface area contributed by atoms with E-state index in [1.54, 1.807) is 12.4 Å². The second-order valence-corrected chi connectivity index (χ2v) is 5.49. The Kier molecular flexibility index (Phi) is 8.08. The minimum absolute atomic E-state index is 0. The summed E-state index contributed by atoms with van der Waals surface area (Å²) >= 11 is 0. The molecule has 0 saturated heterocycles. The summed E-state index contributed by atoms with van der Waals surface area (Å²) in [6.07, 6.45) is 10.0. The molecule has 28 heavy (non-hydrogen) atoms. The third kappa shape index (κ3) is 5.87. The van der Waals surface area contributed by atoms with Crippen LogP contribution in [0.15, 0.2) is 96.1 Å². The number of nitrogens with zero attached hydrogens (tertiary/aromatic N) is 3. The van der Waals surface area contributed by atoms with Crippen molar-refractivity contribution >= 4 is 0 Å². The van der Waals surface area contributed by atoms with Gasteiger partial charge in [-0.1, -0.05) is 30.3 Å². The molecule has 138 valence electrons. The molecule has 4 nitrogen and oxygen atoms in total. The first-order valence-electron chi connectivity index (χ1n) is 8.26. The molecule has 0 fully saturated rings. The van der Waals surface area contributed by atoms with Crippen LogP contribution in [0.2, 0.25) is 0 Å². The molecule has 3 heterocycles. The van der Waals surface area contributed by atoms with Crippen LogP contribution in [0.5, 0.6) is 0 Å². The van der Waals surface area contributed by atoms with E-state index < -0.39 is 0 Å². The Morgan fingerprint density at radius 3 is 1.64 bits per heavy atom. The van der Waals surface area contributed by atoms with Gasteiger partial charge in [-0.2, -0.15) is 0 Å². The Morgan fingerprint density at radius 1 is 0.750 bits per heavy atom. The van der Waals surface area contributed by atoms with Crippen LogP contribution in [0.4, 0.5) is 0 Å². The number of hydrogen-bond acceptors (Lipinski definition) is 3. The Bertz CT molecular complexity index is 1030. The van der Waals surface area contributed by atoms with Gasteiger partial charge in [0, 0.05) is 23.8 Å². The van der Waals surface area contributed by atoms with E-state index >= 15 is 0 Å². The van der Waals surface area contributed by atoms with Crippen molar-refractivity contribution < 1.29 is 21.1 Å². The van der Waals surface area contributed by atoms with Gasteiger partial charge in [-0.25, -0.2) is 0 Å². The van der Waals surface area contributed by atoms with Crippen LogP contribution >= 0.6 is 0 Å². The van der Waals surface area contributed by atoms with Crippen LogP contribution in [0, 0.1) is 12.3 Å². The van der Waals surface area contributed by atoms with E-state index in [0.29, 0.717) is 22.8 Å². The normalized spacial score (nSPS) is 9.25. The molecule has 0 bridgehead atoms. The number of pyridine rings is 3. The van der Waals surface area contributed by atoms with Gasteiger partial charge in [0.25, 0.3) is 0 Å². The molecule has 5 heteroatoms. The van der Waals surface area contributed by atoms with Gasteiger partial charge in [-0.3, -0.25) is 20.7 Å². The fourth-order valence-electron chi connectivity index (χ4n) is 2.32. The van der Waals surface area contributed by atoms with Crippen molar-refractivity contribution in [2.45, 2.75) is 0 Å². The summed E-state index contributed by atoms with van der Waals surface area (Å²) in [4.78, 5) is 24.6. The third-order valence-electron chi connectivity index (χ3n) is 3.57. The predicted molar refractivity (Wildman–Crippen MR) is 105 cm³/mol. The average Bonchev–Trinajstić information content (AvgIpc) is 2.75. The molecule has 1 aromatic carbocycles. The first-order valence-corrected chi connectivity index (χ1v) is 8.26. The van der Waals surface area contributed by atoms with E-state index in [4.69, 9.17) is 6.42 Å². The molecule has 4 aromatic rings. The van der Waals surface area contributed by atoms with E-state index in [-0.39, 0.29) is 26.5 Å². The van der Waals surface area contributed by atoms with Crippen molar-refractivity contribution in [2.75, 3.05) is 0 Å². The maximum atomic E-state index is 11.8. The van der Waals surface area contributed by atoms with Gasteiger partial charge < -0.3 is 11.4 Å². The van der Waals surface area contributed by atoms with E-state index in [2.05, 4.69) is 20.9 Å². The maximum absolute atomic E-state index is 11.8. The third-order valence-corrected chi connectivity index (χ3v) is 3.57. The van der Waals surface area contributed by atoms with Crippen LogP contribution < -0.4 is 10.4 Å². The predicted octanol–water partition coefficient (Wildman–Crippen LogP) is 3.75. The largest absolute Gasteiger partial charge is 2.00 e. The fourth-order valence-corrected chi connectivity index (χ4v) is 2.32. The zero-order valence-corrected chi connectivity index (χ0v) is 17.0. The van der Waals surface area contributed by atoms with Crippen LogP contribution in [-0.4, -0.2) is 9.97 Å². The van der Waals surface area contributed by atoms with Crippen molar-refractivity contribution in [1.82, 2.24) is 15.0 Å². The smallest absolute Gasteiger partial charge is 0.654 e. The second kappa shape index (κ2) is 10.8. The van der Waals surface area contributed by atoms with Crippen molar-refractivity contribution in [3.63, 3.8) is 0 Å². The fraction of sp³-hybridized carbons (Fsp3) is 0. The van der Waals surface area contributed by atoms with Gasteiger partial charge in [-0.15, -0.1) is 29.1 Å². The van der Waals surface area contributed by atoms with E-state index in [0.717, 1.165) is 5.56 Å². The van der Waals surface area contributed by atoms with Gasteiger partial charge in [0.15, 0.2) is 5.43 Å². The minimum atomic E-state index is -0.101. The molecular formula is C23H15N3OPt. The Labute approximate surface area is 178 Å². The monoisotopic (exact) mass is 544 g/mol. The number of hydrogen-bond donors (Lipinski definition) is 0. The molecule has 0 aliphatic carbocycles. The van der Waals surface area contributed by atoms with Gasteiger partial charge >= 0.3 is 21.1 Å². The summed E-state index contributed by atoms with van der Waals surface area (Å²) in [6, 6.07) is 23.4. The summed E-state index contributed by atoms with van der Waals surface area (Å²) in [6.45, 7) is 0. The van der Waals surface area contributed by atoms with Crippen molar-refractivity contribution in [1.29, 1.82) is 0 Å². The summed E-state index contributed by atoms with van der Waals surface area (Å²) in [7, 11) is 0. The van der Waals surface area contributed by atoms with Gasteiger partial charge in [0.1, 0.15) is 0 Å². The summed E-state index contributed by atoms with van der Waals surface area (Å²) in [5.74, 6) is 2.28. The number of benzene rings is 1. The summed E-state index contributed by atoms with van der Waals surface area (Å²) in [5, 5.41) is 0. The molecule has 3 aromatic heterocycles. The van der Waals surface area contributed by atoms with E-state index in [1.165, 1.54) is 12.1 Å². The zero-order valence-electron chi connectivity index (χ0n) is 14.7. The molecule has 0 spiro atoms. The molecule has 0 atom stereocenters. The van der Waals surface area contributed by atoms with E-state index in [9.17, 15) is 4.79 Å². The Balaban J connectivity index is 0.000000264. The first-order chi connectivity index (χ1) is 13.3. The molecule has 0 aliphatic heterocycles. The van der Waals surface area contributed by atoms with Crippen LogP contribution in [0.25, 0.3) is 22.8 Å². The van der Waals surface area contributed by atoms with Crippen molar-refractivity contribution in [3.05, 3.63) is 113 Å². The van der Waals surface area contributed by atoms with Crippen molar-refractivity contribution in [2.24, 2.45) is 0 Å². The van der Waals surface area contributed by atoms with Crippen LogP contribution in [0.3, 0.4) is 0 Å². The Hall–Kier alpha value is -3.28. The Morgan fingerprint density at radius 2 is 1.25 bits per heavy atom. The van der Waals surface area contributed by atoms with E-state index in [1.807, 2.05) is 66.7 Å². The van der Waals surface area contributed by atoms with Gasteiger partial charge in [-0.05, 0) is 36.4 Å². The van der Waals surface area contributed by atoms with Crippen molar-refractivity contribution in [3.8, 4) is 28.7 Å². The zero-order chi connectivity index (χ0) is 18.9. The molecule has 0 aliphatic rings. The SMILES string of the molecule is O=c1cc(-c2ccccn2)[n-]c(-c2ccccn2)c1.[C-]#Cc1ccccc1.[Pt+2]. The molecule has 4 rings (SSSR count). The number of aromatic nitrogens is 3. The molecule has 0 N–H and O–H groups in total. The van der Waals surface area contributed by atoms with Gasteiger partial charge in [0.05, 0.1) is 0 Å². The van der Waals surface area contributed by atoms with Crippen LogP contribution in [0.1, 0.15) is 5.56 Å². The minimum Gasteiger partial charge on any atom is -0.654 e. The summed E-state index contributed by atoms with van der Waals surface area (Å²) < 4.78 is 0. The van der Waals surface area contributed by atoms with Crippen LogP contribution in [-0.2, 0) is 21.1 Å². The molecule has 0 unspecified atom stereocenters. The molecule has 0 saturated carbocycles. The topological polar surface area (TPSA) is 57.0 Å². The molecular weight excluding hydrogens is 529 g/mol. The first kappa shape index (κ1) is 21.0.